The molecule has 0 unspecified atom stereocenters. The van der Waals surface area contributed by atoms with Gasteiger partial charge in [0.25, 0.3) is 0 Å². The minimum absolute atomic E-state index is 0.0296. The molecule has 23 heavy (non-hydrogen) atoms. The summed E-state index contributed by atoms with van der Waals surface area (Å²) in [6.07, 6.45) is 0. The number of hydrogen-bond donors (Lipinski definition) is 3. The zero-order valence-corrected chi connectivity index (χ0v) is 13.0. The average Bonchev–Trinajstić information content (AvgIpc) is 2.53. The van der Waals surface area contributed by atoms with Crippen LogP contribution in [0.2, 0.25) is 0 Å². The van der Waals surface area contributed by atoms with Crippen molar-refractivity contribution < 1.29 is 17.9 Å². The van der Waals surface area contributed by atoms with E-state index >= 15 is 0 Å². The van der Waals surface area contributed by atoms with Gasteiger partial charge in [-0.2, -0.15) is 0 Å². The van der Waals surface area contributed by atoms with Gasteiger partial charge < -0.3 is 15.4 Å². The van der Waals surface area contributed by atoms with Gasteiger partial charge in [-0.05, 0) is 29.8 Å². The van der Waals surface area contributed by atoms with E-state index in [1.54, 1.807) is 24.3 Å². The zero-order valence-electron chi connectivity index (χ0n) is 12.2. The monoisotopic (exact) mass is 335 g/mol. The fourth-order valence-corrected chi connectivity index (χ4v) is 2.26. The molecule has 0 atom stereocenters. The number of benzene rings is 2. The van der Waals surface area contributed by atoms with Crippen LogP contribution in [0.1, 0.15) is 5.56 Å². The summed E-state index contributed by atoms with van der Waals surface area (Å²) in [4.78, 5) is 11.6. The minimum atomic E-state index is -3.71. The van der Waals surface area contributed by atoms with Crippen LogP contribution < -0.4 is 20.5 Å². The summed E-state index contributed by atoms with van der Waals surface area (Å²) in [5, 5.41) is 10.2. The third-order valence-corrected chi connectivity index (χ3v) is 3.85. The highest BCUT2D eigenvalue weighted by Crippen LogP contribution is 2.08. The van der Waals surface area contributed by atoms with Crippen molar-refractivity contribution in [3.8, 4) is 5.75 Å². The number of hydrogen-bond acceptors (Lipinski definition) is 4. The van der Waals surface area contributed by atoms with E-state index in [9.17, 15) is 13.2 Å². The molecule has 2 aromatic rings. The Morgan fingerprint density at radius 3 is 2.26 bits per heavy atom. The fraction of sp³-hybridized carbons (Fsp3) is 0.133. The van der Waals surface area contributed by atoms with E-state index in [1.807, 2.05) is 18.2 Å². The lowest BCUT2D eigenvalue weighted by Gasteiger charge is -2.09. The largest absolute Gasteiger partial charge is 0.473 e. The van der Waals surface area contributed by atoms with Crippen molar-refractivity contribution in [2.45, 2.75) is 11.4 Å². The number of rotatable bonds is 6. The number of carbonyl (C=O) groups is 1. The highest BCUT2D eigenvalue weighted by atomic mass is 32.2. The number of primary sulfonamides is 1. The zero-order chi connectivity index (χ0) is 16.7. The second-order valence-electron chi connectivity index (χ2n) is 4.65. The molecule has 2 aromatic carbocycles. The summed E-state index contributed by atoms with van der Waals surface area (Å²) >= 11 is 0. The molecule has 0 radical (unpaired) electrons. The van der Waals surface area contributed by atoms with Crippen LogP contribution in [0.15, 0.2) is 59.5 Å². The second-order valence-corrected chi connectivity index (χ2v) is 6.21. The Balaban J connectivity index is 1.74. The topological polar surface area (TPSA) is 111 Å². The molecule has 2 rings (SSSR count). The van der Waals surface area contributed by atoms with Crippen molar-refractivity contribution in [3.63, 3.8) is 0 Å². The maximum absolute atomic E-state index is 11.6. The molecule has 0 heterocycles. The van der Waals surface area contributed by atoms with Crippen molar-refractivity contribution >= 4 is 16.1 Å². The molecule has 0 fully saturated rings. The molecular weight excluding hydrogens is 318 g/mol. The quantitative estimate of drug-likeness (QED) is 0.688. The lowest BCUT2D eigenvalue weighted by atomic mass is 10.2. The number of para-hydroxylation sites is 1. The van der Waals surface area contributed by atoms with Gasteiger partial charge in [-0.15, -0.1) is 0 Å². The van der Waals surface area contributed by atoms with Gasteiger partial charge in [0.15, 0.2) is 6.73 Å². The van der Waals surface area contributed by atoms with Crippen molar-refractivity contribution in [2.75, 3.05) is 6.73 Å². The number of urea groups is 1. The van der Waals surface area contributed by atoms with Crippen molar-refractivity contribution in [1.82, 2.24) is 10.6 Å². The molecule has 0 bridgehead atoms. The Morgan fingerprint density at radius 1 is 1.00 bits per heavy atom. The molecule has 2 amide bonds. The summed E-state index contributed by atoms with van der Waals surface area (Å²) in [6, 6.07) is 14.7. The van der Waals surface area contributed by atoms with Gasteiger partial charge in [0.2, 0.25) is 10.0 Å². The van der Waals surface area contributed by atoms with E-state index in [4.69, 9.17) is 9.88 Å². The van der Waals surface area contributed by atoms with E-state index in [0.717, 1.165) is 5.56 Å². The highest BCUT2D eigenvalue weighted by Gasteiger charge is 2.07. The highest BCUT2D eigenvalue weighted by molar-refractivity contribution is 7.89. The maximum atomic E-state index is 11.6. The van der Waals surface area contributed by atoms with E-state index in [1.165, 1.54) is 12.1 Å². The first-order valence-electron chi connectivity index (χ1n) is 6.76. The van der Waals surface area contributed by atoms with Crippen LogP contribution in [-0.4, -0.2) is 21.2 Å². The van der Waals surface area contributed by atoms with E-state index in [2.05, 4.69) is 10.6 Å². The Labute approximate surface area is 134 Å². The van der Waals surface area contributed by atoms with Gasteiger partial charge in [0, 0.05) is 6.54 Å². The molecule has 0 saturated carbocycles. The molecule has 0 aliphatic rings. The van der Waals surface area contributed by atoms with Crippen LogP contribution in [-0.2, 0) is 16.6 Å². The lowest BCUT2D eigenvalue weighted by Crippen LogP contribution is -2.37. The van der Waals surface area contributed by atoms with Gasteiger partial charge in [0.1, 0.15) is 5.75 Å². The van der Waals surface area contributed by atoms with Gasteiger partial charge in [-0.25, -0.2) is 18.4 Å². The number of ether oxygens (including phenoxy) is 1. The molecule has 8 heteroatoms. The van der Waals surface area contributed by atoms with Crippen LogP contribution in [0.25, 0.3) is 0 Å². The smallest absolute Gasteiger partial charge is 0.317 e. The van der Waals surface area contributed by atoms with Gasteiger partial charge in [-0.1, -0.05) is 30.3 Å². The lowest BCUT2D eigenvalue weighted by molar-refractivity contribution is 0.223. The summed E-state index contributed by atoms with van der Waals surface area (Å²) in [5.74, 6) is 0.659. The number of nitrogens with one attached hydrogen (secondary N) is 2. The van der Waals surface area contributed by atoms with Gasteiger partial charge >= 0.3 is 6.03 Å². The molecule has 7 nitrogen and oxygen atoms in total. The molecule has 0 aliphatic heterocycles. The predicted octanol–water partition coefficient (Wildman–Crippen LogP) is 1.17. The normalized spacial score (nSPS) is 10.8. The fourth-order valence-electron chi connectivity index (χ4n) is 1.74. The Morgan fingerprint density at radius 2 is 1.65 bits per heavy atom. The number of sulfonamides is 1. The third-order valence-electron chi connectivity index (χ3n) is 2.92. The van der Waals surface area contributed by atoms with Crippen LogP contribution in [0.5, 0.6) is 5.75 Å². The Bertz CT molecular complexity index is 746. The van der Waals surface area contributed by atoms with E-state index < -0.39 is 16.1 Å². The van der Waals surface area contributed by atoms with Crippen LogP contribution >= 0.6 is 0 Å². The Kier molecular flexibility index (Phi) is 5.56. The first-order chi connectivity index (χ1) is 10.9. The molecule has 0 aliphatic carbocycles. The minimum Gasteiger partial charge on any atom is -0.473 e. The molecule has 4 N–H and O–H groups in total. The number of carbonyl (C=O) groups excluding carboxylic acids is 1. The second kappa shape index (κ2) is 7.61. The SMILES string of the molecule is NS(=O)(=O)c1ccc(CNC(=O)NCOc2ccccc2)cc1. The van der Waals surface area contributed by atoms with Crippen molar-refractivity contribution in [1.29, 1.82) is 0 Å². The van der Waals surface area contributed by atoms with Crippen molar-refractivity contribution in [3.05, 3.63) is 60.2 Å². The summed E-state index contributed by atoms with van der Waals surface area (Å²) in [5.41, 5.74) is 0.747. The molecule has 122 valence electrons. The number of nitrogens with two attached hydrogens (primary N) is 1. The predicted molar refractivity (Wildman–Crippen MR) is 85.1 cm³/mol. The molecule has 0 spiro atoms. The standard InChI is InChI=1S/C15H17N3O4S/c16-23(20,21)14-8-6-12(7-9-14)10-17-15(19)18-11-22-13-4-2-1-3-5-13/h1-9H,10-11H2,(H2,16,20,21)(H2,17,18,19). The first-order valence-corrected chi connectivity index (χ1v) is 8.31. The Hall–Kier alpha value is -2.58. The average molecular weight is 335 g/mol. The first kappa shape index (κ1) is 16.8. The molecular formula is C15H17N3O4S. The maximum Gasteiger partial charge on any atom is 0.317 e. The van der Waals surface area contributed by atoms with Gasteiger partial charge in [-0.3, -0.25) is 0 Å². The van der Waals surface area contributed by atoms with E-state index in [0.29, 0.717) is 5.75 Å². The summed E-state index contributed by atoms with van der Waals surface area (Å²) < 4.78 is 27.6. The summed E-state index contributed by atoms with van der Waals surface area (Å²) in [7, 11) is -3.71. The van der Waals surface area contributed by atoms with E-state index in [-0.39, 0.29) is 18.2 Å². The van der Waals surface area contributed by atoms with Gasteiger partial charge in [0.05, 0.1) is 4.90 Å². The van der Waals surface area contributed by atoms with Crippen LogP contribution in [0.3, 0.4) is 0 Å². The van der Waals surface area contributed by atoms with Crippen molar-refractivity contribution in [2.24, 2.45) is 5.14 Å². The van der Waals surface area contributed by atoms with Crippen LogP contribution in [0.4, 0.5) is 4.79 Å². The third kappa shape index (κ3) is 5.61. The molecule has 0 aromatic heterocycles. The number of amides is 2. The molecule has 0 saturated heterocycles. The summed E-state index contributed by atoms with van der Waals surface area (Å²) in [6.45, 7) is 0.294. The van der Waals surface area contributed by atoms with Crippen LogP contribution in [0, 0.1) is 0 Å².